The van der Waals surface area contributed by atoms with Crippen molar-refractivity contribution in [1.82, 2.24) is 34.3 Å². The highest BCUT2D eigenvalue weighted by molar-refractivity contribution is 6.42. The number of carbonyl (C=O) groups is 2. The molecule has 0 unspecified atom stereocenters. The number of hydrogen-bond acceptors (Lipinski definition) is 5. The summed E-state index contributed by atoms with van der Waals surface area (Å²) in [6, 6.07) is 4.82. The quantitative estimate of drug-likeness (QED) is 0.516. The van der Waals surface area contributed by atoms with Gasteiger partial charge < -0.3 is 14.4 Å². The topological polar surface area (TPSA) is 89.2 Å². The second kappa shape index (κ2) is 9.28. The van der Waals surface area contributed by atoms with Crippen molar-refractivity contribution in [1.29, 1.82) is 0 Å². The molecule has 0 saturated carbocycles. The Kier molecular flexibility index (Phi) is 6.31. The van der Waals surface area contributed by atoms with Gasteiger partial charge in [-0.15, -0.1) is 10.2 Å². The molecule has 2 aliphatic rings. The molecule has 1 atom stereocenters. The zero-order valence-electron chi connectivity index (χ0n) is 20.0. The van der Waals surface area contributed by atoms with E-state index < -0.39 is 0 Å². The average Bonchev–Trinajstić information content (AvgIpc) is 3.36. The van der Waals surface area contributed by atoms with E-state index in [9.17, 15) is 9.59 Å². The summed E-state index contributed by atoms with van der Waals surface area (Å²) < 4.78 is 3.86. The Bertz CT molecular complexity index is 1320. The van der Waals surface area contributed by atoms with Gasteiger partial charge in [0, 0.05) is 36.7 Å². The van der Waals surface area contributed by atoms with Crippen LogP contribution in [0.5, 0.6) is 0 Å². The first-order valence-electron chi connectivity index (χ1n) is 11.8. The summed E-state index contributed by atoms with van der Waals surface area (Å²) >= 11 is 12.2. The second-order valence-corrected chi connectivity index (χ2v) is 9.97. The van der Waals surface area contributed by atoms with E-state index in [0.29, 0.717) is 53.9 Å². The summed E-state index contributed by atoms with van der Waals surface area (Å²) in [6.45, 7) is 8.69. The van der Waals surface area contributed by atoms with Crippen molar-refractivity contribution in [2.45, 2.75) is 65.8 Å². The van der Waals surface area contributed by atoms with Crippen molar-refractivity contribution < 1.29 is 9.59 Å². The zero-order chi connectivity index (χ0) is 24.9. The third kappa shape index (κ3) is 4.21. The first kappa shape index (κ1) is 23.8. The molecule has 5 rings (SSSR count). The molecule has 3 aromatic rings. The smallest absolute Gasteiger partial charge is 0.272 e. The molecule has 4 heterocycles. The van der Waals surface area contributed by atoms with Gasteiger partial charge in [-0.2, -0.15) is 5.10 Å². The first-order valence-corrected chi connectivity index (χ1v) is 12.6. The van der Waals surface area contributed by atoms with E-state index in [2.05, 4.69) is 21.7 Å². The highest BCUT2D eigenvalue weighted by Crippen LogP contribution is 2.31. The molecule has 2 aliphatic heterocycles. The Morgan fingerprint density at radius 3 is 2.71 bits per heavy atom. The summed E-state index contributed by atoms with van der Waals surface area (Å²) in [7, 11) is 0. The first-order chi connectivity index (χ1) is 16.8. The predicted octanol–water partition coefficient (Wildman–Crippen LogP) is 3.74. The van der Waals surface area contributed by atoms with Crippen molar-refractivity contribution in [3.8, 4) is 0 Å². The fourth-order valence-electron chi connectivity index (χ4n) is 4.91. The fraction of sp³-hybridized carbons (Fsp3) is 0.458. The monoisotopic (exact) mass is 515 g/mol. The Morgan fingerprint density at radius 2 is 1.97 bits per heavy atom. The molecule has 0 spiro atoms. The van der Waals surface area contributed by atoms with Crippen LogP contribution in [0.2, 0.25) is 10.0 Å². The summed E-state index contributed by atoms with van der Waals surface area (Å²) in [5, 5.41) is 14.0. The Balaban J connectivity index is 1.42. The highest BCUT2D eigenvalue weighted by Gasteiger charge is 2.37. The molecule has 1 aromatic carbocycles. The third-order valence-electron chi connectivity index (χ3n) is 6.77. The number of amides is 2. The molecule has 184 valence electrons. The van der Waals surface area contributed by atoms with Gasteiger partial charge in [0.05, 0.1) is 35.4 Å². The number of benzene rings is 1. The van der Waals surface area contributed by atoms with E-state index >= 15 is 0 Å². The van der Waals surface area contributed by atoms with Gasteiger partial charge in [-0.05, 0) is 38.5 Å². The molecule has 2 amide bonds. The lowest BCUT2D eigenvalue weighted by atomic mass is 9.97. The molecule has 11 heteroatoms. The number of halogens is 2. The lowest BCUT2D eigenvalue weighted by Gasteiger charge is -2.34. The van der Waals surface area contributed by atoms with Gasteiger partial charge in [-0.3, -0.25) is 14.3 Å². The molecule has 9 nitrogen and oxygen atoms in total. The largest absolute Gasteiger partial charge is 0.331 e. The number of hydrogen-bond donors (Lipinski definition) is 0. The van der Waals surface area contributed by atoms with Crippen molar-refractivity contribution in [3.05, 3.63) is 62.4 Å². The summed E-state index contributed by atoms with van der Waals surface area (Å²) in [5.41, 5.74) is 2.72. The summed E-state index contributed by atoms with van der Waals surface area (Å²) in [4.78, 5) is 30.5. The number of nitrogens with zero attached hydrogens (tertiary/aromatic N) is 7. The van der Waals surface area contributed by atoms with Crippen molar-refractivity contribution in [2.75, 3.05) is 6.54 Å². The van der Waals surface area contributed by atoms with E-state index in [4.69, 9.17) is 28.3 Å². The number of rotatable bonds is 5. The maximum absolute atomic E-state index is 13.6. The van der Waals surface area contributed by atoms with Crippen LogP contribution >= 0.6 is 23.2 Å². The van der Waals surface area contributed by atoms with Crippen LogP contribution in [0.25, 0.3) is 0 Å². The molecular formula is C24H27Cl2N7O2. The summed E-state index contributed by atoms with van der Waals surface area (Å²) in [6.07, 6.45) is 1.54. The minimum atomic E-state index is -0.148. The van der Waals surface area contributed by atoms with Crippen molar-refractivity contribution >= 4 is 35.0 Å². The Labute approximate surface area is 213 Å². The third-order valence-corrected chi connectivity index (χ3v) is 7.51. The van der Waals surface area contributed by atoms with Gasteiger partial charge in [0.2, 0.25) is 0 Å². The molecule has 0 saturated heterocycles. The number of fused-ring (bicyclic) bond motifs is 3. The van der Waals surface area contributed by atoms with Crippen LogP contribution in [0.3, 0.4) is 0 Å². The molecule has 0 N–H and O–H groups in total. The van der Waals surface area contributed by atoms with Crippen molar-refractivity contribution in [2.24, 2.45) is 0 Å². The van der Waals surface area contributed by atoms with Gasteiger partial charge in [0.25, 0.3) is 11.8 Å². The number of carbonyl (C=O) groups excluding carboxylic acids is 2. The van der Waals surface area contributed by atoms with E-state index in [-0.39, 0.29) is 17.9 Å². The van der Waals surface area contributed by atoms with E-state index in [1.54, 1.807) is 32.7 Å². The van der Waals surface area contributed by atoms with E-state index in [1.807, 2.05) is 13.8 Å². The predicted molar refractivity (Wildman–Crippen MR) is 132 cm³/mol. The van der Waals surface area contributed by atoms with Gasteiger partial charge in [-0.25, -0.2) is 0 Å². The van der Waals surface area contributed by atoms with Crippen LogP contribution in [-0.4, -0.2) is 58.7 Å². The highest BCUT2D eigenvalue weighted by atomic mass is 35.5. The molecular weight excluding hydrogens is 489 g/mol. The van der Waals surface area contributed by atoms with Gasteiger partial charge in [-0.1, -0.05) is 30.1 Å². The van der Waals surface area contributed by atoms with Crippen LogP contribution < -0.4 is 0 Å². The van der Waals surface area contributed by atoms with E-state index in [0.717, 1.165) is 35.9 Å². The second-order valence-electron chi connectivity index (χ2n) is 9.15. The minimum Gasteiger partial charge on any atom is -0.331 e. The van der Waals surface area contributed by atoms with Crippen LogP contribution in [-0.2, 0) is 32.6 Å². The minimum absolute atomic E-state index is 0.0665. The number of aromatic nitrogens is 5. The maximum Gasteiger partial charge on any atom is 0.272 e. The normalized spacial score (nSPS) is 17.5. The molecule has 0 bridgehead atoms. The van der Waals surface area contributed by atoms with Gasteiger partial charge in [0.15, 0.2) is 5.82 Å². The van der Waals surface area contributed by atoms with Crippen molar-refractivity contribution in [3.63, 3.8) is 0 Å². The lowest BCUT2D eigenvalue weighted by molar-refractivity contribution is 0.0635. The van der Waals surface area contributed by atoms with E-state index in [1.165, 1.54) is 0 Å². The van der Waals surface area contributed by atoms with Gasteiger partial charge in [0.1, 0.15) is 11.5 Å². The zero-order valence-corrected chi connectivity index (χ0v) is 21.5. The molecule has 0 radical (unpaired) electrons. The molecule has 35 heavy (non-hydrogen) atoms. The standard InChI is InChI=1S/C24H27Cl2N7O2/c1-4-7-31-15(3)27-28-21(31)13-30-8-9-33-22(24(30)35)17-12-32(14(2)10-20(17)29-33)23(34)16-5-6-18(25)19(26)11-16/h5-6,11,14H,4,7-10,12-13H2,1-3H3/t14-/m1/s1. The van der Waals surface area contributed by atoms with Crippen LogP contribution in [0.15, 0.2) is 18.2 Å². The van der Waals surface area contributed by atoms with Gasteiger partial charge >= 0.3 is 0 Å². The Hall–Kier alpha value is -2.91. The average molecular weight is 516 g/mol. The molecule has 0 fully saturated rings. The fourth-order valence-corrected chi connectivity index (χ4v) is 5.21. The summed E-state index contributed by atoms with van der Waals surface area (Å²) in [5.74, 6) is 1.39. The van der Waals surface area contributed by atoms with Crippen LogP contribution in [0, 0.1) is 6.92 Å². The lowest BCUT2D eigenvalue weighted by Crippen LogP contribution is -2.44. The van der Waals surface area contributed by atoms with Crippen LogP contribution in [0.1, 0.15) is 64.0 Å². The number of aryl methyl sites for hydroxylation is 1. The molecule has 0 aliphatic carbocycles. The SMILES string of the molecule is CCCn1c(C)nnc1CN1CCn2nc3c(c2C1=O)CN(C(=O)c1ccc(Cl)c(Cl)c1)[C@H](C)C3. The maximum atomic E-state index is 13.6. The molecule has 2 aromatic heterocycles. The van der Waals surface area contributed by atoms with Crippen LogP contribution in [0.4, 0.5) is 0 Å². The Morgan fingerprint density at radius 1 is 1.17 bits per heavy atom.